The molecular formula is C21H19N3O4. The molecule has 1 amide bonds. The van der Waals surface area contributed by atoms with Crippen LogP contribution in [0.3, 0.4) is 0 Å². The summed E-state index contributed by atoms with van der Waals surface area (Å²) in [5, 5.41) is 5.10. The minimum Gasteiger partial charge on any atom is -0.467 e. The van der Waals surface area contributed by atoms with Gasteiger partial charge in [-0.05, 0) is 17.2 Å². The third-order valence-corrected chi connectivity index (χ3v) is 5.14. The second-order valence-corrected chi connectivity index (χ2v) is 6.77. The Balaban J connectivity index is 1.84. The van der Waals surface area contributed by atoms with Gasteiger partial charge in [-0.3, -0.25) is 9.59 Å². The van der Waals surface area contributed by atoms with Gasteiger partial charge < -0.3 is 9.64 Å². The lowest BCUT2D eigenvalue weighted by Crippen LogP contribution is -2.49. The topological polar surface area (TPSA) is 81.5 Å². The monoisotopic (exact) mass is 377 g/mol. The number of nitrogens with zero attached hydrogens (tertiary/aromatic N) is 3. The molecule has 0 bridgehead atoms. The summed E-state index contributed by atoms with van der Waals surface area (Å²) < 4.78 is 6.10. The number of aryl methyl sites for hydroxylation is 1. The summed E-state index contributed by atoms with van der Waals surface area (Å²) >= 11 is 0. The number of aromatic nitrogens is 2. The van der Waals surface area contributed by atoms with E-state index >= 15 is 0 Å². The molecule has 0 aliphatic carbocycles. The molecule has 0 radical (unpaired) electrons. The summed E-state index contributed by atoms with van der Waals surface area (Å²) in [4.78, 5) is 39.7. The second-order valence-electron chi connectivity index (χ2n) is 6.77. The first-order chi connectivity index (χ1) is 13.5. The Labute approximate surface area is 161 Å². The number of esters is 1. The number of carbonyl (C=O) groups excluding carboxylic acids is 2. The number of amides is 1. The van der Waals surface area contributed by atoms with Gasteiger partial charge in [0.1, 0.15) is 6.04 Å². The molecule has 1 aromatic heterocycles. The van der Waals surface area contributed by atoms with Crippen molar-refractivity contribution in [1.82, 2.24) is 14.7 Å². The van der Waals surface area contributed by atoms with E-state index in [2.05, 4.69) is 5.10 Å². The largest absolute Gasteiger partial charge is 0.467 e. The molecule has 28 heavy (non-hydrogen) atoms. The molecule has 7 heteroatoms. The highest BCUT2D eigenvalue weighted by molar-refractivity contribution is 6.06. The smallest absolute Gasteiger partial charge is 0.328 e. The van der Waals surface area contributed by atoms with Gasteiger partial charge in [-0.1, -0.05) is 42.5 Å². The molecule has 0 saturated carbocycles. The number of ether oxygens (including phenoxy) is 1. The number of carbonyl (C=O) groups is 2. The maximum absolute atomic E-state index is 13.5. The van der Waals surface area contributed by atoms with Crippen molar-refractivity contribution >= 4 is 22.6 Å². The van der Waals surface area contributed by atoms with E-state index in [0.717, 1.165) is 15.8 Å². The Bertz CT molecular complexity index is 1150. The van der Waals surface area contributed by atoms with E-state index in [-0.39, 0.29) is 17.8 Å². The van der Waals surface area contributed by atoms with E-state index in [1.807, 2.05) is 24.3 Å². The van der Waals surface area contributed by atoms with Crippen LogP contribution in [0.4, 0.5) is 0 Å². The number of rotatable bonds is 2. The summed E-state index contributed by atoms with van der Waals surface area (Å²) in [5.74, 6) is -0.881. The fourth-order valence-corrected chi connectivity index (χ4v) is 3.68. The summed E-state index contributed by atoms with van der Waals surface area (Å²) in [5.41, 5.74) is 1.86. The van der Waals surface area contributed by atoms with Crippen molar-refractivity contribution in [3.05, 3.63) is 75.7 Å². The molecule has 3 aromatic rings. The van der Waals surface area contributed by atoms with E-state index in [1.165, 1.54) is 19.1 Å². The predicted octanol–water partition coefficient (Wildman–Crippen LogP) is 1.67. The quantitative estimate of drug-likeness (QED) is 0.635. The zero-order valence-corrected chi connectivity index (χ0v) is 15.6. The number of fused-ring (bicyclic) bond motifs is 2. The Hall–Kier alpha value is -3.48. The maximum Gasteiger partial charge on any atom is 0.328 e. The van der Waals surface area contributed by atoms with Crippen LogP contribution in [0.25, 0.3) is 10.8 Å². The Morgan fingerprint density at radius 1 is 1.04 bits per heavy atom. The molecule has 2 aromatic carbocycles. The molecule has 1 aliphatic rings. The standard InChI is InChI=1S/C21H19N3O4/c1-23-19(25)16-10-6-5-9-15(16)18(22-23)20(26)24-12-14-8-4-3-7-13(14)11-17(24)21(27)28-2/h3-10,17H,11-12H2,1-2H3. The predicted molar refractivity (Wildman–Crippen MR) is 103 cm³/mol. The zero-order chi connectivity index (χ0) is 19.8. The lowest BCUT2D eigenvalue weighted by atomic mass is 9.93. The van der Waals surface area contributed by atoms with Crippen molar-refractivity contribution in [3.63, 3.8) is 0 Å². The SMILES string of the molecule is COC(=O)C1Cc2ccccc2CN1C(=O)c1nn(C)c(=O)c2ccccc12. The molecule has 0 saturated heterocycles. The average molecular weight is 377 g/mol. The van der Waals surface area contributed by atoms with E-state index < -0.39 is 17.9 Å². The van der Waals surface area contributed by atoms with Gasteiger partial charge in [0, 0.05) is 25.4 Å². The van der Waals surface area contributed by atoms with Crippen molar-refractivity contribution in [3.8, 4) is 0 Å². The highest BCUT2D eigenvalue weighted by Crippen LogP contribution is 2.26. The first-order valence-electron chi connectivity index (χ1n) is 8.93. The third kappa shape index (κ3) is 2.85. The van der Waals surface area contributed by atoms with Gasteiger partial charge in [0.15, 0.2) is 5.69 Å². The number of methoxy groups -OCH3 is 1. The molecule has 0 fully saturated rings. The zero-order valence-electron chi connectivity index (χ0n) is 15.6. The van der Waals surface area contributed by atoms with Crippen LogP contribution in [0.2, 0.25) is 0 Å². The molecule has 4 rings (SSSR count). The Morgan fingerprint density at radius 3 is 2.39 bits per heavy atom. The van der Waals surface area contributed by atoms with Crippen molar-refractivity contribution in [2.24, 2.45) is 7.05 Å². The highest BCUT2D eigenvalue weighted by Gasteiger charge is 2.37. The summed E-state index contributed by atoms with van der Waals surface area (Å²) in [6.07, 6.45) is 0.373. The lowest BCUT2D eigenvalue weighted by molar-refractivity contribution is -0.146. The van der Waals surface area contributed by atoms with Crippen LogP contribution in [0.5, 0.6) is 0 Å². The van der Waals surface area contributed by atoms with E-state index in [0.29, 0.717) is 17.2 Å². The number of hydrogen-bond donors (Lipinski definition) is 0. The maximum atomic E-state index is 13.5. The van der Waals surface area contributed by atoms with Crippen LogP contribution in [0.15, 0.2) is 53.3 Å². The molecular weight excluding hydrogens is 358 g/mol. The van der Waals surface area contributed by atoms with Crippen molar-refractivity contribution in [2.75, 3.05) is 7.11 Å². The molecule has 1 atom stereocenters. The van der Waals surface area contributed by atoms with Gasteiger partial charge in [-0.15, -0.1) is 0 Å². The van der Waals surface area contributed by atoms with Gasteiger partial charge in [-0.25, -0.2) is 9.48 Å². The minimum absolute atomic E-state index is 0.144. The van der Waals surface area contributed by atoms with Gasteiger partial charge in [-0.2, -0.15) is 5.10 Å². The molecule has 7 nitrogen and oxygen atoms in total. The molecule has 2 heterocycles. The van der Waals surface area contributed by atoms with Crippen LogP contribution in [0, 0.1) is 0 Å². The van der Waals surface area contributed by atoms with Crippen LogP contribution in [0.1, 0.15) is 21.6 Å². The molecule has 1 unspecified atom stereocenters. The normalized spacial score (nSPS) is 15.9. The lowest BCUT2D eigenvalue weighted by Gasteiger charge is -2.35. The molecule has 1 aliphatic heterocycles. The molecule has 142 valence electrons. The van der Waals surface area contributed by atoms with E-state index in [1.54, 1.807) is 24.3 Å². The van der Waals surface area contributed by atoms with Crippen molar-refractivity contribution in [2.45, 2.75) is 19.0 Å². The molecule has 0 N–H and O–H groups in total. The van der Waals surface area contributed by atoms with Gasteiger partial charge >= 0.3 is 5.97 Å². The van der Waals surface area contributed by atoms with Crippen LogP contribution in [-0.4, -0.2) is 39.7 Å². The number of benzene rings is 2. The van der Waals surface area contributed by atoms with E-state index in [4.69, 9.17) is 4.74 Å². The third-order valence-electron chi connectivity index (χ3n) is 5.14. The van der Waals surface area contributed by atoms with Crippen LogP contribution in [-0.2, 0) is 29.5 Å². The summed E-state index contributed by atoms with van der Waals surface area (Å²) in [6, 6.07) is 13.8. The van der Waals surface area contributed by atoms with Gasteiger partial charge in [0.05, 0.1) is 12.5 Å². The minimum atomic E-state index is -0.745. The van der Waals surface area contributed by atoms with E-state index in [9.17, 15) is 14.4 Å². The Morgan fingerprint density at radius 2 is 1.68 bits per heavy atom. The first kappa shape index (κ1) is 17.9. The fourth-order valence-electron chi connectivity index (χ4n) is 3.68. The van der Waals surface area contributed by atoms with Gasteiger partial charge in [0.25, 0.3) is 11.5 Å². The average Bonchev–Trinajstić information content (AvgIpc) is 2.74. The fraction of sp³-hybridized carbons (Fsp3) is 0.238. The van der Waals surface area contributed by atoms with Crippen molar-refractivity contribution in [1.29, 1.82) is 0 Å². The summed E-state index contributed by atoms with van der Waals surface area (Å²) in [7, 11) is 2.82. The van der Waals surface area contributed by atoms with Gasteiger partial charge in [0.2, 0.25) is 0 Å². The summed E-state index contributed by atoms with van der Waals surface area (Å²) in [6.45, 7) is 0.271. The first-order valence-corrected chi connectivity index (χ1v) is 8.93. The van der Waals surface area contributed by atoms with Crippen LogP contribution >= 0.6 is 0 Å². The van der Waals surface area contributed by atoms with Crippen LogP contribution < -0.4 is 5.56 Å². The highest BCUT2D eigenvalue weighted by atomic mass is 16.5. The Kier molecular flexibility index (Phi) is 4.43. The number of hydrogen-bond acceptors (Lipinski definition) is 5. The second kappa shape index (κ2) is 6.92. The molecule has 0 spiro atoms. The van der Waals surface area contributed by atoms with Crippen molar-refractivity contribution < 1.29 is 14.3 Å².